The lowest BCUT2D eigenvalue weighted by molar-refractivity contribution is 0.189. The fourth-order valence-corrected chi connectivity index (χ4v) is 1.27. The Morgan fingerprint density at radius 3 is 2.88 bits per heavy atom. The highest BCUT2D eigenvalue weighted by Crippen LogP contribution is 1.92. The van der Waals surface area contributed by atoms with Gasteiger partial charge in [-0.15, -0.1) is 0 Å². The van der Waals surface area contributed by atoms with Crippen LogP contribution in [0.15, 0.2) is 6.33 Å². The maximum absolute atomic E-state index is 4.97. The Morgan fingerprint density at radius 1 is 1.31 bits per heavy atom. The van der Waals surface area contributed by atoms with Crippen LogP contribution >= 0.6 is 0 Å². The van der Waals surface area contributed by atoms with Crippen molar-refractivity contribution in [2.45, 2.75) is 19.5 Å². The van der Waals surface area contributed by atoms with Gasteiger partial charge in [0.2, 0.25) is 0 Å². The smallest absolute Gasteiger partial charge is 0.164 e. The van der Waals surface area contributed by atoms with Crippen LogP contribution in [0.4, 0.5) is 0 Å². The first-order valence-electron chi connectivity index (χ1n) is 5.43. The van der Waals surface area contributed by atoms with Crippen LogP contribution < -0.4 is 5.32 Å². The van der Waals surface area contributed by atoms with Gasteiger partial charge in [0, 0.05) is 33.9 Å². The second kappa shape index (κ2) is 8.20. The summed E-state index contributed by atoms with van der Waals surface area (Å²) in [5.41, 5.74) is 0. The van der Waals surface area contributed by atoms with Crippen LogP contribution in [0.5, 0.6) is 0 Å². The van der Waals surface area contributed by atoms with Gasteiger partial charge in [-0.3, -0.25) is 4.68 Å². The molecule has 0 bridgehead atoms. The first kappa shape index (κ1) is 13.1. The van der Waals surface area contributed by atoms with Gasteiger partial charge in [-0.05, 0) is 6.42 Å². The number of methoxy groups -OCH3 is 2. The van der Waals surface area contributed by atoms with Crippen molar-refractivity contribution in [1.82, 2.24) is 20.1 Å². The molecule has 0 unspecified atom stereocenters. The summed E-state index contributed by atoms with van der Waals surface area (Å²) in [6, 6.07) is 0. The topological polar surface area (TPSA) is 61.2 Å². The fraction of sp³-hybridized carbons (Fsp3) is 0.800. The first-order valence-corrected chi connectivity index (χ1v) is 5.43. The van der Waals surface area contributed by atoms with Crippen molar-refractivity contribution in [3.8, 4) is 0 Å². The second-order valence-corrected chi connectivity index (χ2v) is 3.44. The van der Waals surface area contributed by atoms with Crippen molar-refractivity contribution < 1.29 is 9.47 Å². The molecule has 0 aliphatic rings. The Hall–Kier alpha value is -0.980. The van der Waals surface area contributed by atoms with Crippen molar-refractivity contribution in [2.75, 3.05) is 34.0 Å². The van der Waals surface area contributed by atoms with E-state index in [2.05, 4.69) is 15.4 Å². The number of hydrogen-bond donors (Lipinski definition) is 1. The van der Waals surface area contributed by atoms with E-state index >= 15 is 0 Å². The number of aryl methyl sites for hydroxylation is 1. The summed E-state index contributed by atoms with van der Waals surface area (Å²) < 4.78 is 11.7. The SMILES string of the molecule is COCCCn1cnc(CNCCOC)n1. The van der Waals surface area contributed by atoms with Gasteiger partial charge in [-0.25, -0.2) is 4.98 Å². The molecule has 1 N–H and O–H groups in total. The van der Waals surface area contributed by atoms with Crippen LogP contribution in [-0.4, -0.2) is 48.7 Å². The number of nitrogens with zero attached hydrogens (tertiary/aromatic N) is 3. The molecule has 0 saturated carbocycles. The van der Waals surface area contributed by atoms with E-state index in [4.69, 9.17) is 9.47 Å². The molecule has 6 nitrogen and oxygen atoms in total. The maximum atomic E-state index is 4.97. The van der Waals surface area contributed by atoms with Crippen molar-refractivity contribution in [3.63, 3.8) is 0 Å². The third-order valence-corrected chi connectivity index (χ3v) is 2.09. The molecule has 0 fully saturated rings. The third-order valence-electron chi connectivity index (χ3n) is 2.09. The van der Waals surface area contributed by atoms with Gasteiger partial charge in [-0.1, -0.05) is 0 Å². The second-order valence-electron chi connectivity index (χ2n) is 3.44. The summed E-state index contributed by atoms with van der Waals surface area (Å²) in [5.74, 6) is 0.813. The quantitative estimate of drug-likeness (QED) is 0.605. The Kier molecular flexibility index (Phi) is 6.71. The summed E-state index contributed by atoms with van der Waals surface area (Å²) in [4.78, 5) is 4.20. The molecule has 1 heterocycles. The fourth-order valence-electron chi connectivity index (χ4n) is 1.27. The minimum Gasteiger partial charge on any atom is -0.385 e. The van der Waals surface area contributed by atoms with Gasteiger partial charge in [0.1, 0.15) is 6.33 Å². The summed E-state index contributed by atoms with van der Waals surface area (Å²) in [5, 5.41) is 7.52. The monoisotopic (exact) mass is 228 g/mol. The van der Waals surface area contributed by atoms with Crippen molar-refractivity contribution in [3.05, 3.63) is 12.2 Å². The van der Waals surface area contributed by atoms with Crippen LogP contribution in [0.3, 0.4) is 0 Å². The average Bonchev–Trinajstić information content (AvgIpc) is 2.73. The number of aromatic nitrogens is 3. The molecule has 1 rings (SSSR count). The molecular weight excluding hydrogens is 208 g/mol. The molecule has 1 aromatic heterocycles. The van der Waals surface area contributed by atoms with Gasteiger partial charge < -0.3 is 14.8 Å². The molecule has 0 radical (unpaired) electrons. The van der Waals surface area contributed by atoms with Crippen LogP contribution in [0.25, 0.3) is 0 Å². The molecule has 0 aliphatic heterocycles. The highest BCUT2D eigenvalue weighted by molar-refractivity contribution is 4.80. The van der Waals surface area contributed by atoms with Crippen molar-refractivity contribution in [1.29, 1.82) is 0 Å². The van der Waals surface area contributed by atoms with Gasteiger partial charge in [0.25, 0.3) is 0 Å². The first-order chi connectivity index (χ1) is 7.86. The summed E-state index contributed by atoms with van der Waals surface area (Å²) in [6.45, 7) is 3.80. The predicted molar refractivity (Wildman–Crippen MR) is 60.1 cm³/mol. The van der Waals surface area contributed by atoms with Crippen molar-refractivity contribution in [2.24, 2.45) is 0 Å². The van der Waals surface area contributed by atoms with E-state index in [0.717, 1.165) is 31.9 Å². The van der Waals surface area contributed by atoms with Crippen LogP contribution in [0.1, 0.15) is 12.2 Å². The normalized spacial score (nSPS) is 10.9. The van der Waals surface area contributed by atoms with E-state index in [9.17, 15) is 0 Å². The minimum atomic E-state index is 0.681. The zero-order valence-corrected chi connectivity index (χ0v) is 9.98. The van der Waals surface area contributed by atoms with Gasteiger partial charge in [0.15, 0.2) is 5.82 Å². The van der Waals surface area contributed by atoms with Crippen LogP contribution in [0.2, 0.25) is 0 Å². The minimum absolute atomic E-state index is 0.681. The average molecular weight is 228 g/mol. The zero-order chi connectivity index (χ0) is 11.6. The van der Waals surface area contributed by atoms with Gasteiger partial charge in [-0.2, -0.15) is 5.10 Å². The van der Waals surface area contributed by atoms with E-state index in [1.807, 2.05) is 4.68 Å². The highest BCUT2D eigenvalue weighted by Gasteiger charge is 1.99. The molecular formula is C10H20N4O2. The number of hydrogen-bond acceptors (Lipinski definition) is 5. The third kappa shape index (κ3) is 5.20. The van der Waals surface area contributed by atoms with E-state index < -0.39 is 0 Å². The largest absolute Gasteiger partial charge is 0.385 e. The molecule has 0 amide bonds. The zero-order valence-electron chi connectivity index (χ0n) is 9.98. The highest BCUT2D eigenvalue weighted by atomic mass is 16.5. The molecule has 0 aromatic carbocycles. The standard InChI is InChI=1S/C10H20N4O2/c1-15-6-3-5-14-9-12-10(13-14)8-11-4-7-16-2/h9,11H,3-8H2,1-2H3. The molecule has 0 atom stereocenters. The van der Waals surface area contributed by atoms with Crippen LogP contribution in [-0.2, 0) is 22.6 Å². The Bertz CT molecular complexity index is 278. The van der Waals surface area contributed by atoms with Gasteiger partial charge >= 0.3 is 0 Å². The lowest BCUT2D eigenvalue weighted by Crippen LogP contribution is -2.19. The summed E-state index contributed by atoms with van der Waals surface area (Å²) in [6.07, 6.45) is 2.71. The molecule has 16 heavy (non-hydrogen) atoms. The summed E-state index contributed by atoms with van der Waals surface area (Å²) >= 11 is 0. The molecule has 0 spiro atoms. The lowest BCUT2D eigenvalue weighted by Gasteiger charge is -2.00. The Morgan fingerprint density at radius 2 is 2.12 bits per heavy atom. The van der Waals surface area contributed by atoms with E-state index in [1.54, 1.807) is 20.5 Å². The summed E-state index contributed by atoms with van der Waals surface area (Å²) in [7, 11) is 3.39. The number of ether oxygens (including phenoxy) is 2. The van der Waals surface area contributed by atoms with Gasteiger partial charge in [0.05, 0.1) is 13.2 Å². The predicted octanol–water partition coefficient (Wildman–Crippen LogP) is 0.0506. The lowest BCUT2D eigenvalue weighted by atomic mass is 10.5. The molecule has 92 valence electrons. The van der Waals surface area contributed by atoms with Crippen molar-refractivity contribution >= 4 is 0 Å². The Balaban J connectivity index is 2.17. The molecule has 0 aliphatic carbocycles. The Labute approximate surface area is 96.0 Å². The maximum Gasteiger partial charge on any atom is 0.164 e. The number of nitrogens with one attached hydrogen (secondary N) is 1. The van der Waals surface area contributed by atoms with E-state index in [0.29, 0.717) is 13.2 Å². The van der Waals surface area contributed by atoms with Crippen LogP contribution in [0, 0.1) is 0 Å². The van der Waals surface area contributed by atoms with E-state index in [-0.39, 0.29) is 0 Å². The molecule has 0 saturated heterocycles. The number of rotatable bonds is 9. The molecule has 1 aromatic rings. The van der Waals surface area contributed by atoms with E-state index in [1.165, 1.54) is 0 Å². The molecule has 6 heteroatoms.